The van der Waals surface area contributed by atoms with Gasteiger partial charge in [-0.1, -0.05) is 6.58 Å². The highest BCUT2D eigenvalue weighted by molar-refractivity contribution is 5.79. The molecule has 0 radical (unpaired) electrons. The molecule has 0 aliphatic carbocycles. The van der Waals surface area contributed by atoms with Crippen LogP contribution in [0.2, 0.25) is 0 Å². The number of rotatable bonds is 7. The van der Waals surface area contributed by atoms with Gasteiger partial charge < -0.3 is 20.7 Å². The summed E-state index contributed by atoms with van der Waals surface area (Å²) in [7, 11) is 3.99. The molecule has 0 aliphatic rings. The lowest BCUT2D eigenvalue weighted by Gasteiger charge is -2.11. The average Bonchev–Trinajstić information content (AvgIpc) is 2.14. The molecule has 0 saturated heterocycles. The molecule has 5 heteroatoms. The van der Waals surface area contributed by atoms with E-state index < -0.39 is 0 Å². The van der Waals surface area contributed by atoms with Crippen LogP contribution in [0.5, 0.6) is 0 Å². The molecule has 0 heterocycles. The SMILES string of the molecule is C=C(/C=C(C)\N=C(/N)NC(C)C)OCCN(C)C. The third-order valence-corrected chi connectivity index (χ3v) is 1.93. The molecule has 0 aromatic carbocycles. The van der Waals surface area contributed by atoms with Gasteiger partial charge in [0.25, 0.3) is 0 Å². The zero-order valence-electron chi connectivity index (χ0n) is 12.2. The van der Waals surface area contributed by atoms with Gasteiger partial charge >= 0.3 is 0 Å². The molecule has 0 aliphatic heterocycles. The van der Waals surface area contributed by atoms with E-state index in [2.05, 4.69) is 16.9 Å². The zero-order valence-corrected chi connectivity index (χ0v) is 12.2. The van der Waals surface area contributed by atoms with Crippen LogP contribution in [0.15, 0.2) is 29.1 Å². The van der Waals surface area contributed by atoms with Crippen molar-refractivity contribution < 1.29 is 4.74 Å². The molecule has 0 rings (SSSR count). The number of nitrogens with zero attached hydrogens (tertiary/aromatic N) is 2. The number of guanidine groups is 1. The minimum absolute atomic E-state index is 0.265. The maximum absolute atomic E-state index is 5.71. The fourth-order valence-corrected chi connectivity index (χ4v) is 1.18. The van der Waals surface area contributed by atoms with Gasteiger partial charge in [0.1, 0.15) is 12.4 Å². The summed E-state index contributed by atoms with van der Waals surface area (Å²) in [6.45, 7) is 11.1. The fourth-order valence-electron chi connectivity index (χ4n) is 1.18. The van der Waals surface area contributed by atoms with E-state index in [0.717, 1.165) is 12.2 Å². The van der Waals surface area contributed by atoms with Crippen molar-refractivity contribution in [1.29, 1.82) is 0 Å². The van der Waals surface area contributed by atoms with Crippen LogP contribution in [0.1, 0.15) is 20.8 Å². The van der Waals surface area contributed by atoms with Crippen molar-refractivity contribution in [3.05, 3.63) is 24.1 Å². The van der Waals surface area contributed by atoms with Crippen LogP contribution in [-0.4, -0.2) is 44.1 Å². The van der Waals surface area contributed by atoms with Crippen molar-refractivity contribution in [2.75, 3.05) is 27.2 Å². The first kappa shape index (κ1) is 16.5. The number of nitrogens with one attached hydrogen (secondary N) is 1. The Morgan fingerprint density at radius 3 is 2.61 bits per heavy atom. The summed E-state index contributed by atoms with van der Waals surface area (Å²) in [5.41, 5.74) is 6.47. The van der Waals surface area contributed by atoms with E-state index in [-0.39, 0.29) is 6.04 Å². The molecule has 0 spiro atoms. The summed E-state index contributed by atoms with van der Waals surface area (Å²) in [4.78, 5) is 6.24. The molecular weight excluding hydrogens is 228 g/mol. The zero-order chi connectivity index (χ0) is 14.1. The van der Waals surface area contributed by atoms with Crippen molar-refractivity contribution in [3.8, 4) is 0 Å². The Kier molecular flexibility index (Phi) is 7.87. The first-order valence-electron chi connectivity index (χ1n) is 6.06. The van der Waals surface area contributed by atoms with Gasteiger partial charge in [-0.25, -0.2) is 4.99 Å². The molecule has 3 N–H and O–H groups in total. The molecule has 0 fully saturated rings. The Morgan fingerprint density at radius 1 is 1.50 bits per heavy atom. The number of ether oxygens (including phenoxy) is 1. The van der Waals surface area contributed by atoms with Crippen LogP contribution < -0.4 is 11.1 Å². The predicted molar refractivity (Wildman–Crippen MR) is 77.3 cm³/mol. The molecule has 5 nitrogen and oxygen atoms in total. The molecule has 0 aromatic heterocycles. The molecule has 18 heavy (non-hydrogen) atoms. The number of likely N-dealkylation sites (N-methyl/N-ethyl adjacent to an activating group) is 1. The minimum atomic E-state index is 0.265. The van der Waals surface area contributed by atoms with Crippen molar-refractivity contribution in [1.82, 2.24) is 10.2 Å². The lowest BCUT2D eigenvalue weighted by molar-refractivity contribution is 0.194. The van der Waals surface area contributed by atoms with Gasteiger partial charge in [0.05, 0.1) is 0 Å². The van der Waals surface area contributed by atoms with Crippen molar-refractivity contribution in [2.45, 2.75) is 26.8 Å². The summed E-state index contributed by atoms with van der Waals surface area (Å²) >= 11 is 0. The summed E-state index contributed by atoms with van der Waals surface area (Å²) in [6.07, 6.45) is 1.77. The minimum Gasteiger partial charge on any atom is -0.493 e. The maximum Gasteiger partial charge on any atom is 0.193 e. The van der Waals surface area contributed by atoms with Gasteiger partial charge in [-0.15, -0.1) is 0 Å². The summed E-state index contributed by atoms with van der Waals surface area (Å²) < 4.78 is 5.44. The van der Waals surface area contributed by atoms with E-state index in [4.69, 9.17) is 10.5 Å². The molecule has 0 atom stereocenters. The van der Waals surface area contributed by atoms with Crippen LogP contribution in [0.25, 0.3) is 0 Å². The second-order valence-corrected chi connectivity index (χ2v) is 4.70. The van der Waals surface area contributed by atoms with E-state index in [0.29, 0.717) is 18.3 Å². The molecular formula is C13H26N4O. The Labute approximate surface area is 110 Å². The summed E-state index contributed by atoms with van der Waals surface area (Å²) in [6, 6.07) is 0.265. The van der Waals surface area contributed by atoms with E-state index in [1.54, 1.807) is 6.08 Å². The molecule has 0 bridgehead atoms. The van der Waals surface area contributed by atoms with Gasteiger partial charge in [-0.3, -0.25) is 0 Å². The lowest BCUT2D eigenvalue weighted by atomic mass is 10.4. The highest BCUT2D eigenvalue weighted by Crippen LogP contribution is 2.03. The Morgan fingerprint density at radius 2 is 2.11 bits per heavy atom. The van der Waals surface area contributed by atoms with Crippen LogP contribution in [0.4, 0.5) is 0 Å². The predicted octanol–water partition coefficient (Wildman–Crippen LogP) is 1.29. The van der Waals surface area contributed by atoms with Gasteiger partial charge in [0, 0.05) is 24.4 Å². The standard InChI is InChI=1S/C13H26N4O/c1-10(2)15-13(14)16-11(3)9-12(4)18-8-7-17(5)6/h9-10H,4,7-8H2,1-3,5-6H3,(H3,14,15,16)/b11-9-. The highest BCUT2D eigenvalue weighted by Gasteiger charge is 1.97. The first-order chi connectivity index (χ1) is 8.31. The third kappa shape index (κ3) is 9.72. The fraction of sp³-hybridized carbons (Fsp3) is 0.615. The number of nitrogens with two attached hydrogens (primary N) is 1. The van der Waals surface area contributed by atoms with Crippen LogP contribution in [-0.2, 0) is 4.74 Å². The molecule has 0 unspecified atom stereocenters. The van der Waals surface area contributed by atoms with Crippen LogP contribution >= 0.6 is 0 Å². The highest BCUT2D eigenvalue weighted by atomic mass is 16.5. The lowest BCUT2D eigenvalue weighted by Crippen LogP contribution is -2.36. The van der Waals surface area contributed by atoms with Crippen LogP contribution in [0, 0.1) is 0 Å². The molecule has 104 valence electrons. The quantitative estimate of drug-likeness (QED) is 0.311. The molecule has 0 saturated carbocycles. The van der Waals surface area contributed by atoms with E-state index in [9.17, 15) is 0 Å². The van der Waals surface area contributed by atoms with Gasteiger partial charge in [-0.05, 0) is 34.9 Å². The van der Waals surface area contributed by atoms with Crippen molar-refractivity contribution in [2.24, 2.45) is 10.7 Å². The number of hydrogen-bond acceptors (Lipinski definition) is 3. The largest absolute Gasteiger partial charge is 0.493 e. The average molecular weight is 254 g/mol. The van der Waals surface area contributed by atoms with Crippen LogP contribution in [0.3, 0.4) is 0 Å². The Balaban J connectivity index is 4.19. The van der Waals surface area contributed by atoms with E-state index >= 15 is 0 Å². The summed E-state index contributed by atoms with van der Waals surface area (Å²) in [5.74, 6) is 0.996. The number of allylic oxidation sites excluding steroid dienone is 2. The van der Waals surface area contributed by atoms with E-state index in [1.165, 1.54) is 0 Å². The first-order valence-corrected chi connectivity index (χ1v) is 6.06. The smallest absolute Gasteiger partial charge is 0.193 e. The van der Waals surface area contributed by atoms with Gasteiger partial charge in [0.15, 0.2) is 5.96 Å². The molecule has 0 aromatic rings. The normalized spacial score (nSPS) is 13.1. The molecule has 0 amide bonds. The number of aliphatic imine (C=N–C) groups is 1. The second kappa shape index (κ2) is 8.58. The second-order valence-electron chi connectivity index (χ2n) is 4.70. The van der Waals surface area contributed by atoms with Crippen molar-refractivity contribution >= 4 is 5.96 Å². The third-order valence-electron chi connectivity index (χ3n) is 1.93. The summed E-state index contributed by atoms with van der Waals surface area (Å²) in [5, 5.41) is 3.01. The van der Waals surface area contributed by atoms with Gasteiger partial charge in [0.2, 0.25) is 0 Å². The van der Waals surface area contributed by atoms with E-state index in [1.807, 2.05) is 39.8 Å². The van der Waals surface area contributed by atoms with Gasteiger partial charge in [-0.2, -0.15) is 0 Å². The monoisotopic (exact) mass is 254 g/mol. The van der Waals surface area contributed by atoms with Crippen molar-refractivity contribution in [3.63, 3.8) is 0 Å². The topological polar surface area (TPSA) is 62.9 Å². The Hall–Kier alpha value is -1.49. The maximum atomic E-state index is 5.71. The Bertz CT molecular complexity index is 319. The number of hydrogen-bond donors (Lipinski definition) is 2.